The number of rotatable bonds is 10. The summed E-state index contributed by atoms with van der Waals surface area (Å²) in [7, 11) is -0.824. The van der Waals surface area contributed by atoms with Crippen LogP contribution < -0.4 is 10.1 Å². The molecule has 122 valence electrons. The molecule has 0 aliphatic rings. The van der Waals surface area contributed by atoms with Crippen molar-refractivity contribution in [3.05, 3.63) is 29.8 Å². The standard InChI is InChI=1S/C16H24N2O3S/c1-3-7-14(19)16(18-10-6-11-22(2)20)21-15-9-5-4-8-13(15)12-17/h4-5,8-9,14,16,18-19H,3,6-7,10-11H2,1-2H3. The largest absolute Gasteiger partial charge is 0.471 e. The van der Waals surface area contributed by atoms with Crippen LogP contribution in [0.5, 0.6) is 5.75 Å². The van der Waals surface area contributed by atoms with Crippen molar-refractivity contribution >= 4 is 10.8 Å². The first-order valence-corrected chi connectivity index (χ1v) is 9.18. The molecule has 2 N–H and O–H groups in total. The van der Waals surface area contributed by atoms with Crippen molar-refractivity contribution in [1.82, 2.24) is 5.32 Å². The highest BCUT2D eigenvalue weighted by molar-refractivity contribution is 7.84. The van der Waals surface area contributed by atoms with Gasteiger partial charge in [0.1, 0.15) is 17.9 Å². The molecule has 1 aromatic carbocycles. The minimum Gasteiger partial charge on any atom is -0.471 e. The number of aliphatic hydroxyl groups is 1. The fourth-order valence-corrected chi connectivity index (χ4v) is 2.57. The van der Waals surface area contributed by atoms with Gasteiger partial charge >= 0.3 is 0 Å². The Morgan fingerprint density at radius 3 is 2.82 bits per heavy atom. The molecule has 0 fully saturated rings. The summed E-state index contributed by atoms with van der Waals surface area (Å²) in [5.41, 5.74) is 0.438. The molecule has 0 aliphatic heterocycles. The number of aliphatic hydroxyl groups excluding tert-OH is 1. The van der Waals surface area contributed by atoms with Crippen LogP contribution in [0.15, 0.2) is 24.3 Å². The summed E-state index contributed by atoms with van der Waals surface area (Å²) >= 11 is 0. The maximum atomic E-state index is 11.1. The fourth-order valence-electron chi connectivity index (χ4n) is 2.02. The van der Waals surface area contributed by atoms with E-state index in [-0.39, 0.29) is 0 Å². The van der Waals surface area contributed by atoms with Crippen LogP contribution in [0.3, 0.4) is 0 Å². The molecule has 6 heteroatoms. The Kier molecular flexibility index (Phi) is 8.75. The Morgan fingerprint density at radius 2 is 2.18 bits per heavy atom. The SMILES string of the molecule is CCCC(O)C(NCCCS(C)=O)Oc1ccccc1C#N. The zero-order valence-electron chi connectivity index (χ0n) is 13.1. The summed E-state index contributed by atoms with van der Waals surface area (Å²) in [4.78, 5) is 0. The minimum absolute atomic E-state index is 0.438. The van der Waals surface area contributed by atoms with Gasteiger partial charge in [-0.25, -0.2) is 0 Å². The first kappa shape index (κ1) is 18.6. The normalized spacial score (nSPS) is 14.8. The van der Waals surface area contributed by atoms with Gasteiger partial charge in [0.2, 0.25) is 0 Å². The molecule has 0 bridgehead atoms. The predicted octanol–water partition coefficient (Wildman–Crippen LogP) is 1.78. The molecule has 5 nitrogen and oxygen atoms in total. The molecule has 0 aliphatic carbocycles. The van der Waals surface area contributed by atoms with Crippen molar-refractivity contribution in [2.24, 2.45) is 0 Å². The van der Waals surface area contributed by atoms with Gasteiger partial charge in [0.05, 0.1) is 5.56 Å². The smallest absolute Gasteiger partial charge is 0.176 e. The summed E-state index contributed by atoms with van der Waals surface area (Å²) in [6.07, 6.45) is 2.60. The van der Waals surface area contributed by atoms with Gasteiger partial charge in [-0.05, 0) is 31.5 Å². The average Bonchev–Trinajstić information content (AvgIpc) is 2.50. The van der Waals surface area contributed by atoms with E-state index < -0.39 is 23.1 Å². The molecule has 0 radical (unpaired) electrons. The van der Waals surface area contributed by atoms with Crippen LogP contribution in [0.1, 0.15) is 31.7 Å². The van der Waals surface area contributed by atoms with Crippen LogP contribution >= 0.6 is 0 Å². The van der Waals surface area contributed by atoms with Gasteiger partial charge < -0.3 is 9.84 Å². The lowest BCUT2D eigenvalue weighted by atomic mass is 10.1. The maximum Gasteiger partial charge on any atom is 0.176 e. The summed E-state index contributed by atoms with van der Waals surface area (Å²) in [6.45, 7) is 2.59. The molecular formula is C16H24N2O3S. The number of para-hydroxylation sites is 1. The second-order valence-corrected chi connectivity index (χ2v) is 6.64. The van der Waals surface area contributed by atoms with Gasteiger partial charge in [-0.3, -0.25) is 9.53 Å². The van der Waals surface area contributed by atoms with E-state index in [1.807, 2.05) is 6.92 Å². The number of hydrogen-bond acceptors (Lipinski definition) is 5. The van der Waals surface area contributed by atoms with Crippen molar-refractivity contribution in [1.29, 1.82) is 5.26 Å². The second-order valence-electron chi connectivity index (χ2n) is 5.09. The molecule has 22 heavy (non-hydrogen) atoms. The van der Waals surface area contributed by atoms with Crippen molar-refractivity contribution < 1.29 is 14.1 Å². The summed E-state index contributed by atoms with van der Waals surface area (Å²) in [5.74, 6) is 1.06. The van der Waals surface area contributed by atoms with Crippen LogP contribution in [0.2, 0.25) is 0 Å². The first-order valence-electron chi connectivity index (χ1n) is 7.45. The Morgan fingerprint density at radius 1 is 1.45 bits per heavy atom. The summed E-state index contributed by atoms with van der Waals surface area (Å²) in [6, 6.07) is 9.04. The Balaban J connectivity index is 2.69. The lowest BCUT2D eigenvalue weighted by Crippen LogP contribution is -2.45. The van der Waals surface area contributed by atoms with Crippen LogP contribution in [0, 0.1) is 11.3 Å². The fraction of sp³-hybridized carbons (Fsp3) is 0.562. The minimum atomic E-state index is -0.824. The molecule has 0 saturated heterocycles. The second kappa shape index (κ2) is 10.3. The van der Waals surface area contributed by atoms with Crippen molar-refractivity contribution in [3.63, 3.8) is 0 Å². The molecule has 0 saturated carbocycles. The summed E-state index contributed by atoms with van der Waals surface area (Å²) in [5, 5.41) is 22.5. The molecule has 0 heterocycles. The van der Waals surface area contributed by atoms with Gasteiger partial charge in [-0.15, -0.1) is 0 Å². The molecule has 0 amide bonds. The third-order valence-electron chi connectivity index (χ3n) is 3.15. The zero-order chi connectivity index (χ0) is 16.4. The van der Waals surface area contributed by atoms with Crippen LogP contribution in [-0.4, -0.2) is 40.2 Å². The monoisotopic (exact) mass is 324 g/mol. The number of benzene rings is 1. The average molecular weight is 324 g/mol. The van der Waals surface area contributed by atoms with E-state index >= 15 is 0 Å². The van der Waals surface area contributed by atoms with Gasteiger partial charge in [0.25, 0.3) is 0 Å². The van der Waals surface area contributed by atoms with Gasteiger partial charge in [-0.2, -0.15) is 5.26 Å². The molecular weight excluding hydrogens is 300 g/mol. The number of nitriles is 1. The van der Waals surface area contributed by atoms with E-state index in [4.69, 9.17) is 10.00 Å². The summed E-state index contributed by atoms with van der Waals surface area (Å²) < 4.78 is 16.9. The van der Waals surface area contributed by atoms with Crippen LogP contribution in [-0.2, 0) is 10.8 Å². The molecule has 1 aromatic rings. The Hall–Kier alpha value is -1.42. The van der Waals surface area contributed by atoms with Gasteiger partial charge in [0.15, 0.2) is 6.23 Å². The third-order valence-corrected chi connectivity index (χ3v) is 4.01. The Labute approximate surface area is 134 Å². The number of nitrogens with one attached hydrogen (secondary N) is 1. The number of hydrogen-bond donors (Lipinski definition) is 2. The topological polar surface area (TPSA) is 82.3 Å². The van der Waals surface area contributed by atoms with E-state index in [2.05, 4.69) is 11.4 Å². The molecule has 0 aromatic heterocycles. The van der Waals surface area contributed by atoms with E-state index in [1.165, 1.54) is 0 Å². The van der Waals surface area contributed by atoms with E-state index in [0.717, 1.165) is 12.8 Å². The zero-order valence-corrected chi connectivity index (χ0v) is 13.9. The van der Waals surface area contributed by atoms with E-state index in [1.54, 1.807) is 30.5 Å². The predicted molar refractivity (Wildman–Crippen MR) is 88.0 cm³/mol. The van der Waals surface area contributed by atoms with Crippen molar-refractivity contribution in [2.45, 2.75) is 38.5 Å². The number of ether oxygens (including phenoxy) is 1. The highest BCUT2D eigenvalue weighted by atomic mass is 32.2. The molecule has 0 spiro atoms. The van der Waals surface area contributed by atoms with Crippen LogP contribution in [0.4, 0.5) is 0 Å². The highest BCUT2D eigenvalue weighted by Gasteiger charge is 2.20. The Bertz CT molecular complexity index is 516. The van der Waals surface area contributed by atoms with Crippen molar-refractivity contribution in [2.75, 3.05) is 18.6 Å². The third kappa shape index (κ3) is 6.56. The first-order chi connectivity index (χ1) is 10.6. The van der Waals surface area contributed by atoms with Crippen molar-refractivity contribution in [3.8, 4) is 11.8 Å². The number of nitrogens with zero attached hydrogens (tertiary/aromatic N) is 1. The van der Waals surface area contributed by atoms with Gasteiger partial charge in [0, 0.05) is 22.8 Å². The molecule has 3 unspecified atom stereocenters. The van der Waals surface area contributed by atoms with E-state index in [0.29, 0.717) is 30.0 Å². The highest BCUT2D eigenvalue weighted by Crippen LogP contribution is 2.19. The quantitative estimate of drug-likeness (QED) is 0.506. The molecule has 1 rings (SSSR count). The van der Waals surface area contributed by atoms with E-state index in [9.17, 15) is 9.32 Å². The van der Waals surface area contributed by atoms with Gasteiger partial charge in [-0.1, -0.05) is 25.5 Å². The lowest BCUT2D eigenvalue weighted by molar-refractivity contribution is 0.0105. The lowest BCUT2D eigenvalue weighted by Gasteiger charge is -2.25. The molecule has 3 atom stereocenters. The maximum absolute atomic E-state index is 11.1. The van der Waals surface area contributed by atoms with Crippen LogP contribution in [0.25, 0.3) is 0 Å².